The van der Waals surface area contributed by atoms with Gasteiger partial charge >= 0.3 is 0 Å². The quantitative estimate of drug-likeness (QED) is 0.837. The van der Waals surface area contributed by atoms with Crippen molar-refractivity contribution in [2.75, 3.05) is 20.3 Å². The Labute approximate surface area is 99.0 Å². The van der Waals surface area contributed by atoms with E-state index in [4.69, 9.17) is 9.47 Å². The third kappa shape index (κ3) is 4.28. The molecule has 0 aliphatic rings. The molecular formula is C12H16F2O3. The van der Waals surface area contributed by atoms with Gasteiger partial charge in [0.15, 0.2) is 0 Å². The van der Waals surface area contributed by atoms with Crippen LogP contribution in [-0.4, -0.2) is 31.9 Å². The number of hydrogen-bond donors (Lipinski definition) is 1. The van der Waals surface area contributed by atoms with Crippen molar-refractivity contribution in [3.05, 3.63) is 29.3 Å². The van der Waals surface area contributed by atoms with E-state index in [0.29, 0.717) is 11.3 Å². The number of halogens is 2. The zero-order valence-electron chi connectivity index (χ0n) is 9.82. The highest BCUT2D eigenvalue weighted by molar-refractivity contribution is 5.38. The summed E-state index contributed by atoms with van der Waals surface area (Å²) < 4.78 is 33.5. The van der Waals surface area contributed by atoms with Crippen LogP contribution in [0, 0.1) is 6.92 Å². The fraction of sp³-hybridized carbons (Fsp3) is 0.500. The summed E-state index contributed by atoms with van der Waals surface area (Å²) in [6.07, 6.45) is -3.50. The van der Waals surface area contributed by atoms with Crippen molar-refractivity contribution in [3.8, 4) is 5.75 Å². The molecule has 0 bridgehead atoms. The van der Waals surface area contributed by atoms with Gasteiger partial charge in [0.1, 0.15) is 18.5 Å². The van der Waals surface area contributed by atoms with Gasteiger partial charge in [-0.2, -0.15) is 0 Å². The minimum Gasteiger partial charge on any atom is -0.496 e. The van der Waals surface area contributed by atoms with Crippen LogP contribution < -0.4 is 4.74 Å². The fourth-order valence-corrected chi connectivity index (χ4v) is 1.47. The third-order valence-electron chi connectivity index (χ3n) is 2.26. The first-order valence-corrected chi connectivity index (χ1v) is 5.23. The van der Waals surface area contributed by atoms with Gasteiger partial charge in [0, 0.05) is 5.56 Å². The van der Waals surface area contributed by atoms with E-state index in [1.807, 2.05) is 13.0 Å². The molecule has 1 atom stereocenters. The molecule has 0 aliphatic carbocycles. The number of benzene rings is 1. The number of rotatable bonds is 6. The van der Waals surface area contributed by atoms with Gasteiger partial charge in [0.05, 0.1) is 13.7 Å². The second kappa shape index (κ2) is 6.51. The van der Waals surface area contributed by atoms with Crippen LogP contribution in [0.15, 0.2) is 18.2 Å². The summed E-state index contributed by atoms with van der Waals surface area (Å²) in [7, 11) is 1.49. The summed E-state index contributed by atoms with van der Waals surface area (Å²) in [5.74, 6) is 0.517. The van der Waals surface area contributed by atoms with Crippen molar-refractivity contribution in [1.29, 1.82) is 0 Å². The highest BCUT2D eigenvalue weighted by atomic mass is 19.3. The zero-order chi connectivity index (χ0) is 12.8. The van der Waals surface area contributed by atoms with Gasteiger partial charge in [-0.15, -0.1) is 0 Å². The van der Waals surface area contributed by atoms with Crippen LogP contribution in [0.4, 0.5) is 8.78 Å². The standard InChI is InChI=1S/C12H16F2O3/c1-8-3-4-11(16-2)9(5-8)10(15)6-17-7-12(13)14/h3-5,10,12,15H,6-7H2,1-2H3. The predicted octanol–water partition coefficient (Wildman–Crippen LogP) is 2.32. The number of ether oxygens (including phenoxy) is 2. The molecule has 1 aromatic carbocycles. The molecule has 0 aromatic heterocycles. The average Bonchev–Trinajstić information content (AvgIpc) is 2.28. The Morgan fingerprint density at radius 2 is 2.00 bits per heavy atom. The lowest BCUT2D eigenvalue weighted by atomic mass is 10.1. The Balaban J connectivity index is 2.66. The van der Waals surface area contributed by atoms with Gasteiger partial charge in [0.2, 0.25) is 0 Å². The second-order valence-corrected chi connectivity index (χ2v) is 3.69. The van der Waals surface area contributed by atoms with Crippen LogP contribution in [0.2, 0.25) is 0 Å². The summed E-state index contributed by atoms with van der Waals surface area (Å²) in [5.41, 5.74) is 1.50. The highest BCUT2D eigenvalue weighted by Crippen LogP contribution is 2.26. The Kier molecular flexibility index (Phi) is 5.31. The number of hydrogen-bond acceptors (Lipinski definition) is 3. The van der Waals surface area contributed by atoms with Gasteiger partial charge in [-0.05, 0) is 19.1 Å². The Morgan fingerprint density at radius 3 is 2.59 bits per heavy atom. The number of aryl methyl sites for hydroxylation is 1. The second-order valence-electron chi connectivity index (χ2n) is 3.69. The molecule has 1 N–H and O–H groups in total. The first-order chi connectivity index (χ1) is 8.04. The van der Waals surface area contributed by atoms with E-state index in [1.54, 1.807) is 12.1 Å². The van der Waals surface area contributed by atoms with Crippen molar-refractivity contribution in [2.24, 2.45) is 0 Å². The maximum atomic E-state index is 11.9. The van der Waals surface area contributed by atoms with E-state index in [2.05, 4.69) is 0 Å². The van der Waals surface area contributed by atoms with E-state index in [1.165, 1.54) is 7.11 Å². The minimum atomic E-state index is -2.53. The van der Waals surface area contributed by atoms with Crippen LogP contribution in [0.1, 0.15) is 17.2 Å². The lowest BCUT2D eigenvalue weighted by molar-refractivity contribution is -0.0209. The van der Waals surface area contributed by atoms with E-state index in [-0.39, 0.29) is 6.61 Å². The van der Waals surface area contributed by atoms with Crippen molar-refractivity contribution in [1.82, 2.24) is 0 Å². The van der Waals surface area contributed by atoms with Gasteiger partial charge in [-0.25, -0.2) is 8.78 Å². The summed E-state index contributed by atoms with van der Waals surface area (Å²) in [6.45, 7) is 1.02. The molecule has 0 heterocycles. The predicted molar refractivity (Wildman–Crippen MR) is 59.5 cm³/mol. The SMILES string of the molecule is COc1ccc(C)cc1C(O)COCC(F)F. The topological polar surface area (TPSA) is 38.7 Å². The minimum absolute atomic E-state index is 0.176. The molecule has 5 heteroatoms. The average molecular weight is 246 g/mol. The summed E-state index contributed by atoms with van der Waals surface area (Å²) in [6, 6.07) is 5.31. The Bertz CT molecular complexity index is 356. The van der Waals surface area contributed by atoms with Crippen LogP contribution in [0.5, 0.6) is 5.75 Å². The number of methoxy groups -OCH3 is 1. The first kappa shape index (κ1) is 13.9. The molecule has 0 radical (unpaired) electrons. The maximum absolute atomic E-state index is 11.9. The molecule has 3 nitrogen and oxygen atoms in total. The van der Waals surface area contributed by atoms with Crippen LogP contribution in [-0.2, 0) is 4.74 Å². The number of aliphatic hydroxyl groups is 1. The third-order valence-corrected chi connectivity index (χ3v) is 2.26. The summed E-state index contributed by atoms with van der Waals surface area (Å²) in [5, 5.41) is 9.82. The van der Waals surface area contributed by atoms with Crippen molar-refractivity contribution in [3.63, 3.8) is 0 Å². The zero-order valence-corrected chi connectivity index (χ0v) is 9.82. The van der Waals surface area contributed by atoms with Crippen LogP contribution in [0.3, 0.4) is 0 Å². The van der Waals surface area contributed by atoms with Crippen molar-refractivity contribution in [2.45, 2.75) is 19.5 Å². The van der Waals surface area contributed by atoms with Crippen LogP contribution in [0.25, 0.3) is 0 Å². The van der Waals surface area contributed by atoms with Gasteiger partial charge < -0.3 is 14.6 Å². The molecule has 0 saturated carbocycles. The smallest absolute Gasteiger partial charge is 0.261 e. The first-order valence-electron chi connectivity index (χ1n) is 5.23. The molecule has 0 saturated heterocycles. The number of alkyl halides is 2. The molecular weight excluding hydrogens is 230 g/mol. The van der Waals surface area contributed by atoms with Crippen molar-refractivity contribution >= 4 is 0 Å². The monoisotopic (exact) mass is 246 g/mol. The van der Waals surface area contributed by atoms with E-state index < -0.39 is 19.1 Å². The molecule has 1 aromatic rings. The number of aliphatic hydroxyl groups excluding tert-OH is 1. The van der Waals surface area contributed by atoms with Gasteiger partial charge in [-0.3, -0.25) is 0 Å². The molecule has 0 aliphatic heterocycles. The molecule has 17 heavy (non-hydrogen) atoms. The Morgan fingerprint density at radius 1 is 1.29 bits per heavy atom. The Hall–Kier alpha value is -1.20. The lowest BCUT2D eigenvalue weighted by Gasteiger charge is -2.15. The lowest BCUT2D eigenvalue weighted by Crippen LogP contribution is -2.12. The molecule has 1 rings (SSSR count). The molecule has 0 amide bonds. The maximum Gasteiger partial charge on any atom is 0.261 e. The van der Waals surface area contributed by atoms with Crippen molar-refractivity contribution < 1.29 is 23.4 Å². The molecule has 0 spiro atoms. The van der Waals surface area contributed by atoms with E-state index in [9.17, 15) is 13.9 Å². The molecule has 1 unspecified atom stereocenters. The van der Waals surface area contributed by atoms with Gasteiger partial charge in [-0.1, -0.05) is 11.6 Å². The van der Waals surface area contributed by atoms with E-state index >= 15 is 0 Å². The normalized spacial score (nSPS) is 12.8. The molecule has 0 fully saturated rings. The molecule has 96 valence electrons. The fourth-order valence-electron chi connectivity index (χ4n) is 1.47. The van der Waals surface area contributed by atoms with E-state index in [0.717, 1.165) is 5.56 Å². The summed E-state index contributed by atoms with van der Waals surface area (Å²) in [4.78, 5) is 0. The highest BCUT2D eigenvalue weighted by Gasteiger charge is 2.14. The summed E-state index contributed by atoms with van der Waals surface area (Å²) >= 11 is 0. The van der Waals surface area contributed by atoms with Crippen LogP contribution >= 0.6 is 0 Å². The largest absolute Gasteiger partial charge is 0.496 e. The van der Waals surface area contributed by atoms with Gasteiger partial charge in [0.25, 0.3) is 6.43 Å².